The van der Waals surface area contributed by atoms with Crippen LogP contribution < -0.4 is 10.9 Å². The number of nitrogens with zero attached hydrogens (tertiary/aromatic N) is 1. The Bertz CT molecular complexity index is 556. The molecule has 0 bridgehead atoms. The van der Waals surface area contributed by atoms with Crippen molar-refractivity contribution in [1.82, 2.24) is 15.3 Å². The summed E-state index contributed by atoms with van der Waals surface area (Å²) in [5.74, 6) is 0.691. The molecule has 0 spiro atoms. The molecule has 2 aromatic rings. The summed E-state index contributed by atoms with van der Waals surface area (Å²) >= 11 is 1.57. The first kappa shape index (κ1) is 10.3. The predicted molar refractivity (Wildman–Crippen MR) is 62.5 cm³/mol. The van der Waals surface area contributed by atoms with E-state index in [1.807, 2.05) is 20.9 Å². The third-order valence-electron chi connectivity index (χ3n) is 2.43. The van der Waals surface area contributed by atoms with Crippen LogP contribution in [0.3, 0.4) is 0 Å². The molecule has 0 atom stereocenters. The van der Waals surface area contributed by atoms with Crippen molar-refractivity contribution in [3.8, 4) is 0 Å². The maximum absolute atomic E-state index is 11.8. The van der Waals surface area contributed by atoms with Crippen LogP contribution in [0.5, 0.6) is 0 Å². The number of aromatic amines is 1. The second-order valence-electron chi connectivity index (χ2n) is 3.51. The summed E-state index contributed by atoms with van der Waals surface area (Å²) in [5.41, 5.74) is 1.01. The van der Waals surface area contributed by atoms with Gasteiger partial charge in [0.25, 0.3) is 5.56 Å². The van der Waals surface area contributed by atoms with Gasteiger partial charge >= 0.3 is 0 Å². The molecule has 0 aliphatic rings. The first-order valence-corrected chi connectivity index (χ1v) is 5.58. The van der Waals surface area contributed by atoms with Gasteiger partial charge in [0.1, 0.15) is 10.7 Å². The van der Waals surface area contributed by atoms with Gasteiger partial charge in [-0.15, -0.1) is 11.3 Å². The molecule has 0 aromatic carbocycles. The van der Waals surface area contributed by atoms with Crippen molar-refractivity contribution < 1.29 is 0 Å². The Morgan fingerprint density at radius 1 is 1.47 bits per heavy atom. The molecule has 0 amide bonds. The summed E-state index contributed by atoms with van der Waals surface area (Å²) < 4.78 is 0. The number of H-pyrrole nitrogens is 1. The van der Waals surface area contributed by atoms with Gasteiger partial charge in [0, 0.05) is 4.88 Å². The zero-order chi connectivity index (χ0) is 11.0. The van der Waals surface area contributed by atoms with Crippen LogP contribution in [0.2, 0.25) is 0 Å². The minimum atomic E-state index is -0.0351. The third kappa shape index (κ3) is 1.68. The molecule has 0 saturated heterocycles. The molecular formula is C10H13N3OS. The van der Waals surface area contributed by atoms with Crippen molar-refractivity contribution in [1.29, 1.82) is 0 Å². The molecule has 2 aromatic heterocycles. The number of thiophene rings is 1. The lowest BCUT2D eigenvalue weighted by molar-refractivity contribution is 0.761. The monoisotopic (exact) mass is 223 g/mol. The molecule has 0 radical (unpaired) electrons. The van der Waals surface area contributed by atoms with Crippen molar-refractivity contribution in [3.05, 3.63) is 26.6 Å². The van der Waals surface area contributed by atoms with Crippen LogP contribution in [-0.4, -0.2) is 17.0 Å². The van der Waals surface area contributed by atoms with Gasteiger partial charge in [-0.25, -0.2) is 4.98 Å². The lowest BCUT2D eigenvalue weighted by atomic mass is 10.2. The molecular weight excluding hydrogens is 210 g/mol. The highest BCUT2D eigenvalue weighted by atomic mass is 32.1. The van der Waals surface area contributed by atoms with E-state index >= 15 is 0 Å². The van der Waals surface area contributed by atoms with Crippen molar-refractivity contribution in [2.45, 2.75) is 20.4 Å². The van der Waals surface area contributed by atoms with Gasteiger partial charge in [-0.05, 0) is 26.5 Å². The predicted octanol–water partition coefficient (Wildman–Crippen LogP) is 1.32. The topological polar surface area (TPSA) is 57.8 Å². The quantitative estimate of drug-likeness (QED) is 0.807. The van der Waals surface area contributed by atoms with E-state index in [-0.39, 0.29) is 5.56 Å². The average molecular weight is 223 g/mol. The number of aryl methyl sites for hydroxylation is 2. The number of fused-ring (bicyclic) bond motifs is 1. The van der Waals surface area contributed by atoms with Gasteiger partial charge < -0.3 is 10.3 Å². The van der Waals surface area contributed by atoms with E-state index in [4.69, 9.17) is 0 Å². The molecule has 0 saturated carbocycles. The molecule has 4 nitrogen and oxygen atoms in total. The zero-order valence-electron chi connectivity index (χ0n) is 8.97. The largest absolute Gasteiger partial charge is 0.313 e. The van der Waals surface area contributed by atoms with E-state index in [0.29, 0.717) is 12.4 Å². The maximum atomic E-state index is 11.8. The third-order valence-corrected chi connectivity index (χ3v) is 3.53. The normalized spacial score (nSPS) is 11.1. The van der Waals surface area contributed by atoms with Crippen molar-refractivity contribution >= 4 is 21.6 Å². The Labute approximate surface area is 91.4 Å². The van der Waals surface area contributed by atoms with Gasteiger partial charge in [0.05, 0.1) is 11.9 Å². The van der Waals surface area contributed by atoms with E-state index in [1.54, 1.807) is 11.3 Å². The number of nitrogens with one attached hydrogen (secondary N) is 2. The second-order valence-corrected chi connectivity index (χ2v) is 4.71. The van der Waals surface area contributed by atoms with Crippen molar-refractivity contribution in [2.75, 3.05) is 7.05 Å². The molecule has 0 unspecified atom stereocenters. The molecule has 80 valence electrons. The average Bonchev–Trinajstić information content (AvgIpc) is 2.43. The van der Waals surface area contributed by atoms with Crippen LogP contribution in [-0.2, 0) is 6.54 Å². The Hall–Kier alpha value is -1.20. The molecule has 0 fully saturated rings. The SMILES string of the molecule is CNCc1nc2sc(C)c(C)c2c(=O)[nH]1. The second kappa shape index (κ2) is 3.75. The van der Waals surface area contributed by atoms with E-state index in [1.165, 1.54) is 0 Å². The van der Waals surface area contributed by atoms with Gasteiger partial charge in [-0.3, -0.25) is 4.79 Å². The summed E-state index contributed by atoms with van der Waals surface area (Å²) in [4.78, 5) is 21.0. The van der Waals surface area contributed by atoms with E-state index < -0.39 is 0 Å². The lowest BCUT2D eigenvalue weighted by Gasteiger charge is -1.98. The van der Waals surface area contributed by atoms with Crippen LogP contribution in [0.4, 0.5) is 0 Å². The van der Waals surface area contributed by atoms with Gasteiger partial charge in [-0.1, -0.05) is 0 Å². The Kier molecular flexibility index (Phi) is 2.58. The highest BCUT2D eigenvalue weighted by Crippen LogP contribution is 2.25. The lowest BCUT2D eigenvalue weighted by Crippen LogP contribution is -2.16. The van der Waals surface area contributed by atoms with Gasteiger partial charge in [0.15, 0.2) is 0 Å². The number of hydrogen-bond acceptors (Lipinski definition) is 4. The summed E-state index contributed by atoms with van der Waals surface area (Å²) in [7, 11) is 1.83. The van der Waals surface area contributed by atoms with Crippen molar-refractivity contribution in [2.24, 2.45) is 0 Å². The van der Waals surface area contributed by atoms with Crippen molar-refractivity contribution in [3.63, 3.8) is 0 Å². The van der Waals surface area contributed by atoms with E-state index in [2.05, 4.69) is 15.3 Å². The van der Waals surface area contributed by atoms with E-state index in [9.17, 15) is 4.79 Å². The Morgan fingerprint density at radius 2 is 2.20 bits per heavy atom. The first-order valence-electron chi connectivity index (χ1n) is 4.77. The highest BCUT2D eigenvalue weighted by Gasteiger charge is 2.10. The fourth-order valence-electron chi connectivity index (χ4n) is 1.55. The maximum Gasteiger partial charge on any atom is 0.259 e. The van der Waals surface area contributed by atoms with E-state index in [0.717, 1.165) is 20.7 Å². The summed E-state index contributed by atoms with van der Waals surface area (Å²) in [5, 5.41) is 3.70. The molecule has 2 rings (SSSR count). The standard InChI is InChI=1S/C10H13N3OS/c1-5-6(2)15-10-8(5)9(14)12-7(13-10)4-11-3/h11H,4H2,1-3H3,(H,12,13,14). The molecule has 5 heteroatoms. The minimum absolute atomic E-state index is 0.0351. The zero-order valence-corrected chi connectivity index (χ0v) is 9.79. The molecule has 15 heavy (non-hydrogen) atoms. The Balaban J connectivity index is 2.73. The van der Waals surface area contributed by atoms with Crippen LogP contribution in [0, 0.1) is 13.8 Å². The molecule has 2 heterocycles. The fourth-order valence-corrected chi connectivity index (χ4v) is 2.60. The minimum Gasteiger partial charge on any atom is -0.313 e. The number of aromatic nitrogens is 2. The fraction of sp³-hybridized carbons (Fsp3) is 0.400. The van der Waals surface area contributed by atoms with Crippen LogP contribution in [0.25, 0.3) is 10.2 Å². The summed E-state index contributed by atoms with van der Waals surface area (Å²) in [6.45, 7) is 4.56. The van der Waals surface area contributed by atoms with Crippen LogP contribution in [0.15, 0.2) is 4.79 Å². The van der Waals surface area contributed by atoms with Crippen LogP contribution in [0.1, 0.15) is 16.3 Å². The number of rotatable bonds is 2. The molecule has 2 N–H and O–H groups in total. The molecule has 0 aliphatic carbocycles. The van der Waals surface area contributed by atoms with Crippen LogP contribution >= 0.6 is 11.3 Å². The smallest absolute Gasteiger partial charge is 0.259 e. The highest BCUT2D eigenvalue weighted by molar-refractivity contribution is 7.18. The number of hydrogen-bond donors (Lipinski definition) is 2. The summed E-state index contributed by atoms with van der Waals surface area (Å²) in [6, 6.07) is 0. The van der Waals surface area contributed by atoms with Gasteiger partial charge in [0.2, 0.25) is 0 Å². The van der Waals surface area contributed by atoms with Gasteiger partial charge in [-0.2, -0.15) is 0 Å². The Morgan fingerprint density at radius 3 is 2.87 bits per heavy atom. The summed E-state index contributed by atoms with van der Waals surface area (Å²) in [6.07, 6.45) is 0. The molecule has 0 aliphatic heterocycles. The first-order chi connectivity index (χ1) is 7.13.